The fraction of sp³-hybridized carbons (Fsp3) is 0.312. The topological polar surface area (TPSA) is 78.1 Å². The molecule has 1 saturated heterocycles. The largest absolute Gasteiger partial charge is 0.348 e. The van der Waals surface area contributed by atoms with Crippen molar-refractivity contribution in [2.75, 3.05) is 6.54 Å². The minimum atomic E-state index is -0.305. The number of H-pyrrole nitrogens is 1. The molecule has 120 valence electrons. The van der Waals surface area contributed by atoms with E-state index in [0.717, 1.165) is 5.56 Å². The molecule has 0 radical (unpaired) electrons. The number of hydrogen-bond donors (Lipinski definition) is 2. The zero-order valence-corrected chi connectivity index (χ0v) is 12.7. The van der Waals surface area contributed by atoms with Crippen LogP contribution >= 0.6 is 0 Å². The van der Waals surface area contributed by atoms with E-state index in [1.807, 2.05) is 0 Å². The molecule has 2 amide bonds. The summed E-state index contributed by atoms with van der Waals surface area (Å²) in [4.78, 5) is 32.7. The van der Waals surface area contributed by atoms with Crippen LogP contribution in [-0.2, 0) is 11.3 Å². The van der Waals surface area contributed by atoms with E-state index >= 15 is 0 Å². The molecule has 1 atom stereocenters. The first kappa shape index (κ1) is 15.2. The van der Waals surface area contributed by atoms with Crippen LogP contribution in [-0.4, -0.2) is 39.3 Å². The molecule has 0 spiro atoms. The number of likely N-dealkylation sites (tertiary alicyclic amines) is 1. The smallest absolute Gasteiger partial charge is 0.272 e. The van der Waals surface area contributed by atoms with Gasteiger partial charge in [-0.05, 0) is 24.6 Å². The lowest BCUT2D eigenvalue weighted by molar-refractivity contribution is -0.128. The summed E-state index contributed by atoms with van der Waals surface area (Å²) >= 11 is 0. The first-order chi connectivity index (χ1) is 11.0. The molecule has 7 heteroatoms. The van der Waals surface area contributed by atoms with E-state index in [-0.39, 0.29) is 30.1 Å². The van der Waals surface area contributed by atoms with Crippen LogP contribution in [0.25, 0.3) is 0 Å². The van der Waals surface area contributed by atoms with Crippen molar-refractivity contribution >= 4 is 11.8 Å². The van der Waals surface area contributed by atoms with Crippen LogP contribution in [0, 0.1) is 12.7 Å². The van der Waals surface area contributed by atoms with E-state index in [9.17, 15) is 14.0 Å². The highest BCUT2D eigenvalue weighted by molar-refractivity contribution is 5.94. The van der Waals surface area contributed by atoms with Gasteiger partial charge in [-0.25, -0.2) is 9.37 Å². The van der Waals surface area contributed by atoms with Gasteiger partial charge in [-0.3, -0.25) is 9.59 Å². The number of carbonyl (C=O) groups is 2. The first-order valence-electron chi connectivity index (χ1n) is 7.36. The minimum absolute atomic E-state index is 0.0293. The van der Waals surface area contributed by atoms with Crippen molar-refractivity contribution in [3.8, 4) is 0 Å². The summed E-state index contributed by atoms with van der Waals surface area (Å²) < 4.78 is 12.9. The Bertz CT molecular complexity index is 726. The molecule has 1 fully saturated rings. The van der Waals surface area contributed by atoms with Gasteiger partial charge < -0.3 is 15.2 Å². The molecular weight excluding hydrogens is 299 g/mol. The number of nitrogens with zero attached hydrogens (tertiary/aromatic N) is 2. The maximum absolute atomic E-state index is 12.9. The van der Waals surface area contributed by atoms with Crippen molar-refractivity contribution in [2.24, 2.45) is 0 Å². The van der Waals surface area contributed by atoms with Crippen LogP contribution in [0.5, 0.6) is 0 Å². The predicted octanol–water partition coefficient (Wildman–Crippen LogP) is 1.39. The van der Waals surface area contributed by atoms with E-state index < -0.39 is 0 Å². The van der Waals surface area contributed by atoms with Gasteiger partial charge in [0.05, 0.1) is 12.4 Å². The van der Waals surface area contributed by atoms with Crippen molar-refractivity contribution in [3.05, 3.63) is 53.4 Å². The Kier molecular flexibility index (Phi) is 4.10. The van der Waals surface area contributed by atoms with Crippen LogP contribution in [0.15, 0.2) is 30.6 Å². The highest BCUT2D eigenvalue weighted by atomic mass is 19.1. The molecule has 1 aromatic carbocycles. The maximum Gasteiger partial charge on any atom is 0.272 e. The molecule has 6 nitrogen and oxygen atoms in total. The van der Waals surface area contributed by atoms with E-state index in [2.05, 4.69) is 15.3 Å². The average molecular weight is 316 g/mol. The lowest BCUT2D eigenvalue weighted by Gasteiger charge is -2.17. The van der Waals surface area contributed by atoms with Gasteiger partial charge in [-0.15, -0.1) is 0 Å². The average Bonchev–Trinajstić information content (AvgIpc) is 3.08. The number of imidazole rings is 1. The normalized spacial score (nSPS) is 17.6. The second-order valence-corrected chi connectivity index (χ2v) is 5.65. The molecule has 0 bridgehead atoms. The fourth-order valence-corrected chi connectivity index (χ4v) is 2.67. The van der Waals surface area contributed by atoms with Gasteiger partial charge in [-0.1, -0.05) is 12.1 Å². The molecule has 1 aliphatic heterocycles. The van der Waals surface area contributed by atoms with Gasteiger partial charge in [-0.2, -0.15) is 0 Å². The molecule has 2 heterocycles. The van der Waals surface area contributed by atoms with Gasteiger partial charge in [0.1, 0.15) is 11.5 Å². The third kappa shape index (κ3) is 3.39. The van der Waals surface area contributed by atoms with Gasteiger partial charge >= 0.3 is 0 Å². The van der Waals surface area contributed by atoms with Crippen molar-refractivity contribution in [1.29, 1.82) is 0 Å². The molecule has 0 saturated carbocycles. The number of benzene rings is 1. The second-order valence-electron chi connectivity index (χ2n) is 5.65. The summed E-state index contributed by atoms with van der Waals surface area (Å²) in [6.45, 7) is 2.61. The number of carbonyl (C=O) groups excluding carboxylic acids is 2. The third-order valence-corrected chi connectivity index (χ3v) is 3.88. The van der Waals surface area contributed by atoms with E-state index in [4.69, 9.17) is 0 Å². The van der Waals surface area contributed by atoms with E-state index in [1.54, 1.807) is 24.0 Å². The second kappa shape index (κ2) is 6.20. The summed E-state index contributed by atoms with van der Waals surface area (Å²) in [5, 5.41) is 2.83. The maximum atomic E-state index is 12.9. The van der Waals surface area contributed by atoms with Crippen molar-refractivity contribution in [1.82, 2.24) is 20.2 Å². The summed E-state index contributed by atoms with van der Waals surface area (Å²) in [6.07, 6.45) is 1.72. The Labute approximate surface area is 132 Å². The standard InChI is InChI=1S/C16H17FN4O2/c1-10-15(19-9-18-10)16(23)20-13-6-14(22)21(8-13)7-11-2-4-12(17)5-3-11/h2-5,9,13H,6-8H2,1H3,(H,18,19)(H,20,23). The van der Waals surface area contributed by atoms with Crippen LogP contribution in [0.4, 0.5) is 4.39 Å². The van der Waals surface area contributed by atoms with Crippen LogP contribution in [0.2, 0.25) is 0 Å². The Morgan fingerprint density at radius 1 is 1.43 bits per heavy atom. The zero-order chi connectivity index (χ0) is 16.4. The lowest BCUT2D eigenvalue weighted by atomic mass is 10.2. The highest BCUT2D eigenvalue weighted by Gasteiger charge is 2.31. The molecule has 1 aliphatic rings. The minimum Gasteiger partial charge on any atom is -0.348 e. The summed E-state index contributed by atoms with van der Waals surface area (Å²) in [7, 11) is 0. The molecule has 23 heavy (non-hydrogen) atoms. The highest BCUT2D eigenvalue weighted by Crippen LogP contribution is 2.16. The summed E-state index contributed by atoms with van der Waals surface area (Å²) in [5.74, 6) is -0.621. The number of aryl methyl sites for hydroxylation is 1. The Balaban J connectivity index is 1.60. The van der Waals surface area contributed by atoms with Gasteiger partial charge in [0, 0.05) is 25.2 Å². The molecule has 2 aromatic rings. The van der Waals surface area contributed by atoms with Crippen LogP contribution in [0.3, 0.4) is 0 Å². The van der Waals surface area contributed by atoms with Gasteiger partial charge in [0.25, 0.3) is 5.91 Å². The molecule has 1 unspecified atom stereocenters. The van der Waals surface area contributed by atoms with Crippen LogP contribution < -0.4 is 5.32 Å². The summed E-state index contributed by atoms with van der Waals surface area (Å²) in [5.41, 5.74) is 1.89. The third-order valence-electron chi connectivity index (χ3n) is 3.88. The zero-order valence-electron chi connectivity index (χ0n) is 12.7. The Morgan fingerprint density at radius 3 is 2.83 bits per heavy atom. The molecule has 0 aliphatic carbocycles. The molecule has 1 aromatic heterocycles. The Morgan fingerprint density at radius 2 is 2.17 bits per heavy atom. The monoisotopic (exact) mass is 316 g/mol. The quantitative estimate of drug-likeness (QED) is 0.895. The number of nitrogens with one attached hydrogen (secondary N) is 2. The number of halogens is 1. The Hall–Kier alpha value is -2.70. The van der Waals surface area contributed by atoms with E-state index in [1.165, 1.54) is 18.5 Å². The summed E-state index contributed by atoms with van der Waals surface area (Å²) in [6, 6.07) is 5.81. The van der Waals surface area contributed by atoms with Crippen LogP contribution in [0.1, 0.15) is 28.2 Å². The van der Waals surface area contributed by atoms with Crippen molar-refractivity contribution in [3.63, 3.8) is 0 Å². The van der Waals surface area contributed by atoms with Gasteiger partial charge in [0.2, 0.25) is 5.91 Å². The number of aromatic nitrogens is 2. The number of aromatic amines is 1. The van der Waals surface area contributed by atoms with Crippen molar-refractivity contribution < 1.29 is 14.0 Å². The van der Waals surface area contributed by atoms with E-state index in [0.29, 0.717) is 24.5 Å². The first-order valence-corrected chi connectivity index (χ1v) is 7.36. The van der Waals surface area contributed by atoms with Gasteiger partial charge in [0.15, 0.2) is 0 Å². The lowest BCUT2D eigenvalue weighted by Crippen LogP contribution is -2.37. The molecular formula is C16H17FN4O2. The number of hydrogen-bond acceptors (Lipinski definition) is 3. The van der Waals surface area contributed by atoms with Crippen molar-refractivity contribution in [2.45, 2.75) is 25.9 Å². The SMILES string of the molecule is Cc1[nH]cnc1C(=O)NC1CC(=O)N(Cc2ccc(F)cc2)C1. The number of amides is 2. The number of rotatable bonds is 4. The predicted molar refractivity (Wildman–Crippen MR) is 81.0 cm³/mol. The fourth-order valence-electron chi connectivity index (χ4n) is 2.67. The molecule has 3 rings (SSSR count). The molecule has 2 N–H and O–H groups in total.